The predicted molar refractivity (Wildman–Crippen MR) is 74.1 cm³/mol. The minimum atomic E-state index is 0.376. The molecule has 96 valence electrons. The normalized spacial score (nSPS) is 12.9. The van der Waals surface area contributed by atoms with E-state index < -0.39 is 0 Å². The third-order valence-corrected chi connectivity index (χ3v) is 3.24. The topological polar surface area (TPSA) is 29.9 Å². The number of aromatic nitrogens is 2. The highest BCUT2D eigenvalue weighted by Gasteiger charge is 2.15. The number of nitrogens with zero attached hydrogens (tertiary/aromatic N) is 2. The van der Waals surface area contributed by atoms with Crippen LogP contribution in [0, 0.1) is 5.92 Å². The first-order valence-corrected chi connectivity index (χ1v) is 6.42. The van der Waals surface area contributed by atoms with Crippen molar-refractivity contribution in [3.05, 3.63) is 54.1 Å². The van der Waals surface area contributed by atoms with Crippen LogP contribution in [0.4, 0.5) is 0 Å². The fraction of sp³-hybridized carbons (Fsp3) is 0.400. The first kappa shape index (κ1) is 12.8. The van der Waals surface area contributed by atoms with Crippen LogP contribution in [0.5, 0.6) is 0 Å². The van der Waals surface area contributed by atoms with Crippen LogP contribution in [0.15, 0.2) is 42.9 Å². The molecular formula is C15H21N3. The zero-order valence-corrected chi connectivity index (χ0v) is 11.3. The quantitative estimate of drug-likeness (QED) is 0.875. The Kier molecular flexibility index (Phi) is 4.15. The molecule has 2 aromatic rings. The number of imidazole rings is 1. The minimum absolute atomic E-state index is 0.376. The second-order valence-electron chi connectivity index (χ2n) is 5.01. The molecule has 0 amide bonds. The molecule has 1 aromatic heterocycles. The van der Waals surface area contributed by atoms with E-state index in [0.717, 1.165) is 6.54 Å². The van der Waals surface area contributed by atoms with E-state index in [0.29, 0.717) is 12.0 Å². The van der Waals surface area contributed by atoms with Crippen LogP contribution in [0.1, 0.15) is 31.1 Å². The molecule has 1 N–H and O–H groups in total. The van der Waals surface area contributed by atoms with E-state index >= 15 is 0 Å². The van der Waals surface area contributed by atoms with Crippen molar-refractivity contribution in [3.8, 4) is 0 Å². The van der Waals surface area contributed by atoms with Gasteiger partial charge >= 0.3 is 0 Å². The maximum Gasteiger partial charge on any atom is 0.0945 e. The number of benzene rings is 1. The standard InChI is InChI=1S/C15H21N3/c1-12(2)15(13-7-5-4-6-8-13)17-10-14-9-16-11-18(14)3/h4-9,11-12,15,17H,10H2,1-3H3. The summed E-state index contributed by atoms with van der Waals surface area (Å²) in [5.74, 6) is 0.556. The molecule has 0 aliphatic rings. The van der Waals surface area contributed by atoms with Gasteiger partial charge in [0.15, 0.2) is 0 Å². The number of hydrogen-bond acceptors (Lipinski definition) is 2. The van der Waals surface area contributed by atoms with Gasteiger partial charge in [0, 0.05) is 25.8 Å². The number of hydrogen-bond donors (Lipinski definition) is 1. The second-order valence-corrected chi connectivity index (χ2v) is 5.01. The number of aryl methyl sites for hydroxylation is 1. The van der Waals surface area contributed by atoms with Crippen molar-refractivity contribution >= 4 is 0 Å². The van der Waals surface area contributed by atoms with E-state index in [4.69, 9.17) is 0 Å². The molecule has 1 aromatic carbocycles. The van der Waals surface area contributed by atoms with Crippen molar-refractivity contribution in [2.75, 3.05) is 0 Å². The van der Waals surface area contributed by atoms with Gasteiger partial charge in [-0.2, -0.15) is 0 Å². The van der Waals surface area contributed by atoms with Crippen molar-refractivity contribution < 1.29 is 0 Å². The maximum atomic E-state index is 4.14. The van der Waals surface area contributed by atoms with E-state index in [-0.39, 0.29) is 0 Å². The molecule has 0 saturated carbocycles. The summed E-state index contributed by atoms with van der Waals surface area (Å²) in [7, 11) is 2.02. The average Bonchev–Trinajstić information content (AvgIpc) is 2.76. The maximum absolute atomic E-state index is 4.14. The molecule has 0 aliphatic heterocycles. The lowest BCUT2D eigenvalue weighted by molar-refractivity contribution is 0.406. The Balaban J connectivity index is 2.06. The van der Waals surface area contributed by atoms with Gasteiger partial charge in [-0.15, -0.1) is 0 Å². The molecule has 0 fully saturated rings. The van der Waals surface area contributed by atoms with Crippen molar-refractivity contribution in [1.82, 2.24) is 14.9 Å². The van der Waals surface area contributed by atoms with Crippen molar-refractivity contribution in [1.29, 1.82) is 0 Å². The number of nitrogens with one attached hydrogen (secondary N) is 1. The lowest BCUT2D eigenvalue weighted by atomic mass is 9.96. The summed E-state index contributed by atoms with van der Waals surface area (Å²) in [6, 6.07) is 11.0. The molecular weight excluding hydrogens is 222 g/mol. The highest BCUT2D eigenvalue weighted by Crippen LogP contribution is 2.21. The third kappa shape index (κ3) is 2.99. The molecule has 0 spiro atoms. The summed E-state index contributed by atoms with van der Waals surface area (Å²) in [6.07, 6.45) is 3.75. The summed E-state index contributed by atoms with van der Waals surface area (Å²) in [5.41, 5.74) is 2.55. The highest BCUT2D eigenvalue weighted by molar-refractivity contribution is 5.19. The van der Waals surface area contributed by atoms with Gasteiger partial charge in [0.05, 0.1) is 12.0 Å². The predicted octanol–water partition coefficient (Wildman–Crippen LogP) is 2.91. The van der Waals surface area contributed by atoms with Crippen molar-refractivity contribution in [2.45, 2.75) is 26.4 Å². The Morgan fingerprint density at radius 1 is 1.22 bits per heavy atom. The molecule has 1 unspecified atom stereocenters. The first-order chi connectivity index (χ1) is 8.68. The van der Waals surface area contributed by atoms with E-state index in [9.17, 15) is 0 Å². The van der Waals surface area contributed by atoms with Gasteiger partial charge in [-0.25, -0.2) is 4.98 Å². The zero-order chi connectivity index (χ0) is 13.0. The fourth-order valence-electron chi connectivity index (χ4n) is 2.17. The first-order valence-electron chi connectivity index (χ1n) is 6.42. The van der Waals surface area contributed by atoms with Crippen LogP contribution >= 0.6 is 0 Å². The average molecular weight is 243 g/mol. The monoisotopic (exact) mass is 243 g/mol. The SMILES string of the molecule is CC(C)C(NCc1cncn1C)c1ccccc1. The van der Waals surface area contributed by atoms with Crippen molar-refractivity contribution in [2.24, 2.45) is 13.0 Å². The van der Waals surface area contributed by atoms with Gasteiger partial charge in [0.1, 0.15) is 0 Å². The van der Waals surface area contributed by atoms with E-state index in [1.165, 1.54) is 11.3 Å². The molecule has 0 saturated heterocycles. The van der Waals surface area contributed by atoms with Gasteiger partial charge in [0.2, 0.25) is 0 Å². The van der Waals surface area contributed by atoms with Gasteiger partial charge in [-0.3, -0.25) is 0 Å². The summed E-state index contributed by atoms with van der Waals surface area (Å²) >= 11 is 0. The molecule has 0 radical (unpaired) electrons. The van der Waals surface area contributed by atoms with Gasteiger partial charge in [0.25, 0.3) is 0 Å². The smallest absolute Gasteiger partial charge is 0.0945 e. The molecule has 1 heterocycles. The second kappa shape index (κ2) is 5.83. The zero-order valence-electron chi connectivity index (χ0n) is 11.3. The molecule has 0 bridgehead atoms. The van der Waals surface area contributed by atoms with Crippen LogP contribution in [0.25, 0.3) is 0 Å². The Morgan fingerprint density at radius 2 is 1.94 bits per heavy atom. The summed E-state index contributed by atoms with van der Waals surface area (Å²) in [6.45, 7) is 5.33. The summed E-state index contributed by atoms with van der Waals surface area (Å²) in [5, 5.41) is 3.62. The summed E-state index contributed by atoms with van der Waals surface area (Å²) in [4.78, 5) is 4.14. The Labute approximate surface area is 109 Å². The van der Waals surface area contributed by atoms with Gasteiger partial charge in [-0.1, -0.05) is 44.2 Å². The molecule has 0 aliphatic carbocycles. The van der Waals surface area contributed by atoms with Crippen LogP contribution in [-0.2, 0) is 13.6 Å². The molecule has 1 atom stereocenters. The van der Waals surface area contributed by atoms with Crippen LogP contribution in [0.2, 0.25) is 0 Å². The molecule has 18 heavy (non-hydrogen) atoms. The Bertz CT molecular complexity index is 473. The Morgan fingerprint density at radius 3 is 2.50 bits per heavy atom. The fourth-order valence-corrected chi connectivity index (χ4v) is 2.17. The van der Waals surface area contributed by atoms with E-state index in [1.807, 2.05) is 19.6 Å². The lowest BCUT2D eigenvalue weighted by Gasteiger charge is -2.23. The molecule has 3 heteroatoms. The number of rotatable bonds is 5. The Hall–Kier alpha value is -1.61. The van der Waals surface area contributed by atoms with Crippen molar-refractivity contribution in [3.63, 3.8) is 0 Å². The van der Waals surface area contributed by atoms with E-state index in [1.54, 1.807) is 0 Å². The third-order valence-electron chi connectivity index (χ3n) is 3.24. The molecule has 3 nitrogen and oxygen atoms in total. The van der Waals surface area contributed by atoms with E-state index in [2.05, 4.69) is 59.0 Å². The van der Waals surface area contributed by atoms with Gasteiger partial charge in [-0.05, 0) is 11.5 Å². The van der Waals surface area contributed by atoms with Crippen LogP contribution < -0.4 is 5.32 Å². The lowest BCUT2D eigenvalue weighted by Crippen LogP contribution is -2.26. The minimum Gasteiger partial charge on any atom is -0.337 e. The summed E-state index contributed by atoms with van der Waals surface area (Å²) < 4.78 is 2.05. The largest absolute Gasteiger partial charge is 0.337 e. The van der Waals surface area contributed by atoms with Crippen LogP contribution in [-0.4, -0.2) is 9.55 Å². The van der Waals surface area contributed by atoms with Gasteiger partial charge < -0.3 is 9.88 Å². The molecule has 2 rings (SSSR count). The highest BCUT2D eigenvalue weighted by atomic mass is 15.0. The van der Waals surface area contributed by atoms with Crippen LogP contribution in [0.3, 0.4) is 0 Å².